The zero-order chi connectivity index (χ0) is 10.1. The number of carbonyl (C=O) groups excluding carboxylic acids is 1. The molecule has 0 unspecified atom stereocenters. The lowest BCUT2D eigenvalue weighted by Gasteiger charge is -2.02. The van der Waals surface area contributed by atoms with Crippen LogP contribution in [-0.4, -0.2) is 5.97 Å². The van der Waals surface area contributed by atoms with Gasteiger partial charge in [-0.15, -0.1) is 0 Å². The molecule has 0 aromatic rings. The molecule has 0 N–H and O–H groups in total. The molecule has 2 heteroatoms. The molecule has 0 spiro atoms. The fraction of sp³-hybridized carbons (Fsp3) is 0.727. The van der Waals surface area contributed by atoms with Gasteiger partial charge in [0.25, 0.3) is 0 Å². The van der Waals surface area contributed by atoms with Crippen molar-refractivity contribution in [3.05, 3.63) is 12.3 Å². The number of hydrogen-bond donors (Lipinski definition) is 0. The van der Waals surface area contributed by atoms with Crippen molar-refractivity contribution >= 4 is 5.97 Å². The predicted octanol–water partition coefficient (Wildman–Crippen LogP) is 3.28. The Morgan fingerprint density at radius 2 is 2.08 bits per heavy atom. The van der Waals surface area contributed by atoms with Crippen LogP contribution in [0.15, 0.2) is 12.3 Å². The van der Waals surface area contributed by atoms with Gasteiger partial charge in [0, 0.05) is 6.42 Å². The second-order valence-electron chi connectivity index (χ2n) is 3.60. The van der Waals surface area contributed by atoms with E-state index < -0.39 is 0 Å². The van der Waals surface area contributed by atoms with E-state index in [4.69, 9.17) is 4.74 Å². The van der Waals surface area contributed by atoms with Gasteiger partial charge in [-0.1, -0.05) is 32.8 Å². The van der Waals surface area contributed by atoms with E-state index in [1.54, 1.807) is 6.08 Å². The number of hydrogen-bond acceptors (Lipinski definition) is 2. The molecule has 0 rings (SSSR count). The first-order valence-electron chi connectivity index (χ1n) is 4.97. The summed E-state index contributed by atoms with van der Waals surface area (Å²) in [6.07, 6.45) is 6.93. The minimum atomic E-state index is -0.123. The third kappa shape index (κ3) is 9.12. The van der Waals surface area contributed by atoms with E-state index in [2.05, 4.69) is 13.8 Å². The SMILES string of the molecule is CC=COC(=O)CCCCC(C)C. The molecule has 0 fully saturated rings. The topological polar surface area (TPSA) is 26.3 Å². The van der Waals surface area contributed by atoms with Crippen molar-refractivity contribution in [2.75, 3.05) is 0 Å². The van der Waals surface area contributed by atoms with Gasteiger partial charge in [0.15, 0.2) is 0 Å². The van der Waals surface area contributed by atoms with Gasteiger partial charge in [-0.2, -0.15) is 0 Å². The quantitative estimate of drug-likeness (QED) is 0.360. The Labute approximate surface area is 81.0 Å². The molecular formula is C11H20O2. The second-order valence-corrected chi connectivity index (χ2v) is 3.60. The maximum Gasteiger partial charge on any atom is 0.310 e. The highest BCUT2D eigenvalue weighted by Gasteiger charge is 2.00. The fourth-order valence-corrected chi connectivity index (χ4v) is 1.02. The summed E-state index contributed by atoms with van der Waals surface area (Å²) in [7, 11) is 0. The van der Waals surface area contributed by atoms with Gasteiger partial charge in [0.05, 0.1) is 6.26 Å². The lowest BCUT2D eigenvalue weighted by atomic mass is 10.1. The van der Waals surface area contributed by atoms with Gasteiger partial charge in [-0.25, -0.2) is 0 Å². The van der Waals surface area contributed by atoms with Crippen LogP contribution in [0.4, 0.5) is 0 Å². The van der Waals surface area contributed by atoms with Crippen LogP contribution in [0.1, 0.15) is 46.5 Å². The molecular weight excluding hydrogens is 164 g/mol. The number of unbranched alkanes of at least 4 members (excludes halogenated alkanes) is 1. The Morgan fingerprint density at radius 3 is 2.62 bits per heavy atom. The standard InChI is InChI=1S/C11H20O2/c1-4-9-13-11(12)8-6-5-7-10(2)3/h4,9-10H,5-8H2,1-3H3. The molecule has 0 saturated carbocycles. The summed E-state index contributed by atoms with van der Waals surface area (Å²) >= 11 is 0. The molecule has 13 heavy (non-hydrogen) atoms. The molecule has 76 valence electrons. The molecule has 0 aromatic heterocycles. The molecule has 0 radical (unpaired) electrons. The monoisotopic (exact) mass is 184 g/mol. The van der Waals surface area contributed by atoms with Gasteiger partial charge >= 0.3 is 5.97 Å². The number of carbonyl (C=O) groups is 1. The summed E-state index contributed by atoms with van der Waals surface area (Å²) in [6, 6.07) is 0. The van der Waals surface area contributed by atoms with Crippen molar-refractivity contribution in [1.29, 1.82) is 0 Å². The van der Waals surface area contributed by atoms with Gasteiger partial charge in [-0.05, 0) is 19.3 Å². The zero-order valence-corrected chi connectivity index (χ0v) is 8.88. The third-order valence-corrected chi connectivity index (χ3v) is 1.75. The van der Waals surface area contributed by atoms with Crippen LogP contribution in [0.25, 0.3) is 0 Å². The van der Waals surface area contributed by atoms with Gasteiger partial charge < -0.3 is 4.74 Å². The fourth-order valence-electron chi connectivity index (χ4n) is 1.02. The molecule has 2 nitrogen and oxygen atoms in total. The van der Waals surface area contributed by atoms with Crippen molar-refractivity contribution in [2.24, 2.45) is 5.92 Å². The van der Waals surface area contributed by atoms with E-state index in [0.717, 1.165) is 18.8 Å². The molecule has 0 heterocycles. The molecule has 0 aliphatic carbocycles. The van der Waals surface area contributed by atoms with E-state index in [0.29, 0.717) is 6.42 Å². The van der Waals surface area contributed by atoms with E-state index in [1.807, 2.05) is 6.92 Å². The molecule has 0 aromatic carbocycles. The van der Waals surface area contributed by atoms with Gasteiger partial charge in [-0.3, -0.25) is 4.79 Å². The average molecular weight is 184 g/mol. The number of rotatable bonds is 6. The van der Waals surface area contributed by atoms with Crippen LogP contribution in [0.5, 0.6) is 0 Å². The summed E-state index contributed by atoms with van der Waals surface area (Å²) in [5.74, 6) is 0.605. The molecule has 0 bridgehead atoms. The van der Waals surface area contributed by atoms with Crippen LogP contribution in [0, 0.1) is 5.92 Å². The van der Waals surface area contributed by atoms with Crippen LogP contribution in [-0.2, 0) is 9.53 Å². The summed E-state index contributed by atoms with van der Waals surface area (Å²) in [6.45, 7) is 6.21. The van der Waals surface area contributed by atoms with Crippen molar-refractivity contribution < 1.29 is 9.53 Å². The first kappa shape index (κ1) is 12.2. The van der Waals surface area contributed by atoms with E-state index >= 15 is 0 Å². The summed E-state index contributed by atoms with van der Waals surface area (Å²) < 4.78 is 4.78. The van der Waals surface area contributed by atoms with E-state index in [-0.39, 0.29) is 5.97 Å². The number of ether oxygens (including phenoxy) is 1. The highest BCUT2D eigenvalue weighted by atomic mass is 16.5. The first-order chi connectivity index (χ1) is 6.16. The smallest absolute Gasteiger partial charge is 0.310 e. The van der Waals surface area contributed by atoms with Crippen LogP contribution in [0.3, 0.4) is 0 Å². The number of allylic oxidation sites excluding steroid dienone is 1. The highest BCUT2D eigenvalue weighted by Crippen LogP contribution is 2.08. The lowest BCUT2D eigenvalue weighted by Crippen LogP contribution is -1.99. The Hall–Kier alpha value is -0.790. The van der Waals surface area contributed by atoms with Crippen LogP contribution >= 0.6 is 0 Å². The van der Waals surface area contributed by atoms with Gasteiger partial charge in [0.2, 0.25) is 0 Å². The van der Waals surface area contributed by atoms with Crippen molar-refractivity contribution in [2.45, 2.75) is 46.5 Å². The Balaban J connectivity index is 3.27. The van der Waals surface area contributed by atoms with Crippen LogP contribution in [0.2, 0.25) is 0 Å². The van der Waals surface area contributed by atoms with E-state index in [9.17, 15) is 4.79 Å². The molecule has 0 amide bonds. The van der Waals surface area contributed by atoms with Crippen molar-refractivity contribution in [1.82, 2.24) is 0 Å². The largest absolute Gasteiger partial charge is 0.435 e. The van der Waals surface area contributed by atoms with Gasteiger partial charge in [0.1, 0.15) is 0 Å². The van der Waals surface area contributed by atoms with Crippen molar-refractivity contribution in [3.63, 3.8) is 0 Å². The van der Waals surface area contributed by atoms with Crippen LogP contribution < -0.4 is 0 Å². The molecule has 0 aliphatic rings. The maximum absolute atomic E-state index is 11.0. The summed E-state index contributed by atoms with van der Waals surface area (Å²) in [4.78, 5) is 11.0. The highest BCUT2D eigenvalue weighted by molar-refractivity contribution is 5.69. The molecule has 0 saturated heterocycles. The second kappa shape index (κ2) is 7.84. The first-order valence-corrected chi connectivity index (χ1v) is 4.97. The Morgan fingerprint density at radius 1 is 1.38 bits per heavy atom. The lowest BCUT2D eigenvalue weighted by molar-refractivity contribution is -0.138. The maximum atomic E-state index is 11.0. The third-order valence-electron chi connectivity index (χ3n) is 1.75. The normalized spacial score (nSPS) is 11.1. The zero-order valence-electron chi connectivity index (χ0n) is 8.88. The Bertz CT molecular complexity index is 159. The molecule has 0 atom stereocenters. The Kier molecular flexibility index (Phi) is 7.36. The minimum absolute atomic E-state index is 0.123. The minimum Gasteiger partial charge on any atom is -0.435 e. The predicted molar refractivity (Wildman–Crippen MR) is 54.2 cm³/mol. The van der Waals surface area contributed by atoms with E-state index in [1.165, 1.54) is 12.7 Å². The number of esters is 1. The summed E-state index contributed by atoms with van der Waals surface area (Å²) in [5, 5.41) is 0. The molecule has 0 aliphatic heterocycles. The van der Waals surface area contributed by atoms with Crippen molar-refractivity contribution in [3.8, 4) is 0 Å². The average Bonchev–Trinajstić information content (AvgIpc) is 2.08. The summed E-state index contributed by atoms with van der Waals surface area (Å²) in [5.41, 5.74) is 0.